The normalized spacial score (nSPS) is 10.9. The van der Waals surface area contributed by atoms with Gasteiger partial charge in [-0.2, -0.15) is 0 Å². The molecule has 0 unspecified atom stereocenters. The van der Waals surface area contributed by atoms with E-state index in [2.05, 4.69) is 64.5 Å². The van der Waals surface area contributed by atoms with Crippen LogP contribution in [0.4, 0.5) is 0 Å². The summed E-state index contributed by atoms with van der Waals surface area (Å²) in [5.41, 5.74) is 4.42. The quantitative estimate of drug-likeness (QED) is 0.860. The van der Waals surface area contributed by atoms with Crippen LogP contribution in [0.1, 0.15) is 30.2 Å². The summed E-state index contributed by atoms with van der Waals surface area (Å²) in [4.78, 5) is 0. The lowest BCUT2D eigenvalue weighted by molar-refractivity contribution is 0.662. The van der Waals surface area contributed by atoms with Crippen molar-refractivity contribution >= 4 is 15.9 Å². The van der Waals surface area contributed by atoms with E-state index >= 15 is 0 Å². The second-order valence-electron chi connectivity index (χ2n) is 4.72. The highest BCUT2D eigenvalue weighted by Gasteiger charge is 2.06. The Hall–Kier alpha value is -1.20. The summed E-state index contributed by atoms with van der Waals surface area (Å²) >= 11 is 3.58. The zero-order valence-corrected chi connectivity index (χ0v) is 13.2. The van der Waals surface area contributed by atoms with Gasteiger partial charge in [0.25, 0.3) is 0 Å². The molecular formula is C14H19BrN4. The van der Waals surface area contributed by atoms with Crippen molar-refractivity contribution < 1.29 is 0 Å². The molecular weight excluding hydrogens is 304 g/mol. The van der Waals surface area contributed by atoms with Gasteiger partial charge in [-0.05, 0) is 50.1 Å². The number of nitrogens with zero attached hydrogens (tertiary/aromatic N) is 3. The Kier molecular flexibility index (Phi) is 4.71. The first-order valence-corrected chi connectivity index (χ1v) is 7.30. The summed E-state index contributed by atoms with van der Waals surface area (Å²) in [6, 6.07) is 4.21. The fourth-order valence-corrected chi connectivity index (χ4v) is 2.18. The predicted molar refractivity (Wildman–Crippen MR) is 80.5 cm³/mol. The Labute approximate surface area is 122 Å². The van der Waals surface area contributed by atoms with Gasteiger partial charge in [-0.15, -0.1) is 5.10 Å². The minimum atomic E-state index is 0.766. The molecule has 2 aromatic rings. The molecule has 2 rings (SSSR count). The molecule has 0 amide bonds. The number of hydrogen-bond donors (Lipinski definition) is 1. The molecule has 0 atom stereocenters. The molecule has 102 valence electrons. The van der Waals surface area contributed by atoms with E-state index in [1.54, 1.807) is 0 Å². The van der Waals surface area contributed by atoms with E-state index in [9.17, 15) is 0 Å². The van der Waals surface area contributed by atoms with E-state index in [-0.39, 0.29) is 0 Å². The van der Waals surface area contributed by atoms with Gasteiger partial charge >= 0.3 is 0 Å². The number of nitrogens with one attached hydrogen (secondary N) is 1. The number of benzene rings is 1. The van der Waals surface area contributed by atoms with Crippen LogP contribution in [-0.4, -0.2) is 21.5 Å². The standard InChI is InChI=1S/C14H19BrN4/c1-4-5-16-8-12-9-19(18-17-12)13-6-10(2)14(15)11(3)7-13/h6-7,9,16H,4-5,8H2,1-3H3. The zero-order valence-electron chi connectivity index (χ0n) is 11.6. The van der Waals surface area contributed by atoms with Gasteiger partial charge in [-0.1, -0.05) is 28.1 Å². The summed E-state index contributed by atoms with van der Waals surface area (Å²) < 4.78 is 2.98. The molecule has 0 fully saturated rings. The summed E-state index contributed by atoms with van der Waals surface area (Å²) in [5, 5.41) is 11.7. The molecule has 0 radical (unpaired) electrons. The van der Waals surface area contributed by atoms with Crippen molar-refractivity contribution in [1.82, 2.24) is 20.3 Å². The number of aryl methyl sites for hydroxylation is 2. The molecule has 4 nitrogen and oxygen atoms in total. The molecule has 0 spiro atoms. The average molecular weight is 323 g/mol. The molecule has 0 aliphatic heterocycles. The lowest BCUT2D eigenvalue weighted by Crippen LogP contribution is -2.13. The Morgan fingerprint density at radius 1 is 1.26 bits per heavy atom. The zero-order chi connectivity index (χ0) is 13.8. The number of halogens is 1. The van der Waals surface area contributed by atoms with Gasteiger partial charge in [-0.3, -0.25) is 0 Å². The first-order valence-electron chi connectivity index (χ1n) is 6.51. The maximum atomic E-state index is 4.19. The number of aromatic nitrogens is 3. The molecule has 0 aliphatic carbocycles. The highest BCUT2D eigenvalue weighted by atomic mass is 79.9. The van der Waals surface area contributed by atoms with Crippen LogP contribution in [0.2, 0.25) is 0 Å². The van der Waals surface area contributed by atoms with Crippen molar-refractivity contribution in [2.24, 2.45) is 0 Å². The van der Waals surface area contributed by atoms with Crippen LogP contribution in [0.5, 0.6) is 0 Å². The largest absolute Gasteiger partial charge is 0.311 e. The van der Waals surface area contributed by atoms with Gasteiger partial charge in [0.1, 0.15) is 0 Å². The molecule has 0 bridgehead atoms. The molecule has 1 heterocycles. The Balaban J connectivity index is 2.18. The molecule has 1 aromatic carbocycles. The van der Waals surface area contributed by atoms with Crippen molar-refractivity contribution in [3.63, 3.8) is 0 Å². The highest BCUT2D eigenvalue weighted by Crippen LogP contribution is 2.24. The Bertz CT molecular complexity index is 539. The first-order chi connectivity index (χ1) is 9.11. The smallest absolute Gasteiger partial charge is 0.0969 e. The molecule has 5 heteroatoms. The number of hydrogen-bond acceptors (Lipinski definition) is 3. The number of rotatable bonds is 5. The van der Waals surface area contributed by atoms with Crippen molar-refractivity contribution in [3.05, 3.63) is 39.6 Å². The molecule has 1 aromatic heterocycles. The van der Waals surface area contributed by atoms with Crippen LogP contribution < -0.4 is 5.32 Å². The summed E-state index contributed by atoms with van der Waals surface area (Å²) in [7, 11) is 0. The van der Waals surface area contributed by atoms with Crippen molar-refractivity contribution in [2.45, 2.75) is 33.7 Å². The molecule has 19 heavy (non-hydrogen) atoms. The fourth-order valence-electron chi connectivity index (χ4n) is 1.95. The van der Waals surface area contributed by atoms with E-state index in [4.69, 9.17) is 0 Å². The second kappa shape index (κ2) is 6.30. The van der Waals surface area contributed by atoms with Gasteiger partial charge in [0.05, 0.1) is 17.6 Å². The van der Waals surface area contributed by atoms with Crippen LogP contribution in [-0.2, 0) is 6.54 Å². The van der Waals surface area contributed by atoms with Gasteiger partial charge in [0, 0.05) is 11.0 Å². The lowest BCUT2D eigenvalue weighted by atomic mass is 10.1. The second-order valence-corrected chi connectivity index (χ2v) is 5.52. The minimum absolute atomic E-state index is 0.766. The molecule has 0 saturated heterocycles. The van der Waals surface area contributed by atoms with Crippen LogP contribution in [0.15, 0.2) is 22.8 Å². The van der Waals surface area contributed by atoms with E-state index in [1.807, 2.05) is 10.9 Å². The van der Waals surface area contributed by atoms with Crippen LogP contribution in [0, 0.1) is 13.8 Å². The summed E-state index contributed by atoms with van der Waals surface area (Å²) in [6.45, 7) is 8.09. The van der Waals surface area contributed by atoms with Crippen LogP contribution in [0.25, 0.3) is 5.69 Å². The third-order valence-electron chi connectivity index (χ3n) is 2.96. The first kappa shape index (κ1) is 14.2. The fraction of sp³-hybridized carbons (Fsp3) is 0.429. The van der Waals surface area contributed by atoms with E-state index in [0.29, 0.717) is 0 Å². The third kappa shape index (κ3) is 3.42. The van der Waals surface area contributed by atoms with Gasteiger partial charge in [0.2, 0.25) is 0 Å². The maximum Gasteiger partial charge on any atom is 0.0969 e. The predicted octanol–water partition coefficient (Wildman–Crippen LogP) is 3.15. The van der Waals surface area contributed by atoms with Crippen molar-refractivity contribution in [2.75, 3.05) is 6.54 Å². The average Bonchev–Trinajstić information content (AvgIpc) is 2.84. The lowest BCUT2D eigenvalue weighted by Gasteiger charge is -2.07. The van der Waals surface area contributed by atoms with Crippen LogP contribution >= 0.6 is 15.9 Å². The SMILES string of the molecule is CCCNCc1cn(-c2cc(C)c(Br)c(C)c2)nn1. The van der Waals surface area contributed by atoms with E-state index < -0.39 is 0 Å². The third-order valence-corrected chi connectivity index (χ3v) is 4.21. The Morgan fingerprint density at radius 2 is 1.95 bits per heavy atom. The molecule has 0 aliphatic rings. The van der Waals surface area contributed by atoms with Crippen LogP contribution in [0.3, 0.4) is 0 Å². The van der Waals surface area contributed by atoms with Gasteiger partial charge in [0.15, 0.2) is 0 Å². The van der Waals surface area contributed by atoms with Gasteiger partial charge < -0.3 is 5.32 Å². The summed E-state index contributed by atoms with van der Waals surface area (Å²) in [5.74, 6) is 0. The highest BCUT2D eigenvalue weighted by molar-refractivity contribution is 9.10. The van der Waals surface area contributed by atoms with Crippen molar-refractivity contribution in [3.8, 4) is 5.69 Å². The van der Waals surface area contributed by atoms with Crippen molar-refractivity contribution in [1.29, 1.82) is 0 Å². The van der Waals surface area contributed by atoms with Gasteiger partial charge in [-0.25, -0.2) is 4.68 Å². The molecule has 1 N–H and O–H groups in total. The monoisotopic (exact) mass is 322 g/mol. The summed E-state index contributed by atoms with van der Waals surface area (Å²) in [6.07, 6.45) is 3.10. The maximum absolute atomic E-state index is 4.19. The minimum Gasteiger partial charge on any atom is -0.311 e. The van der Waals surface area contributed by atoms with E-state index in [0.717, 1.165) is 35.4 Å². The Morgan fingerprint density at radius 3 is 2.58 bits per heavy atom. The van der Waals surface area contributed by atoms with E-state index in [1.165, 1.54) is 11.1 Å². The topological polar surface area (TPSA) is 42.7 Å². The molecule has 0 saturated carbocycles.